The van der Waals surface area contributed by atoms with Crippen LogP contribution in [0.4, 0.5) is 11.6 Å². The number of hydrogen-bond donors (Lipinski definition) is 6. The molecule has 0 spiro atoms. The van der Waals surface area contributed by atoms with E-state index in [-0.39, 0.29) is 107 Å². The Labute approximate surface area is 402 Å². The highest BCUT2D eigenvalue weighted by Gasteiger charge is 2.33. The van der Waals surface area contributed by atoms with Gasteiger partial charge in [-0.15, -0.1) is 19.3 Å². The van der Waals surface area contributed by atoms with Gasteiger partial charge in [0.15, 0.2) is 11.2 Å². The summed E-state index contributed by atoms with van der Waals surface area (Å²) in [6.45, 7) is 6.94. The summed E-state index contributed by atoms with van der Waals surface area (Å²) in [6, 6.07) is 6.65. The van der Waals surface area contributed by atoms with Gasteiger partial charge in [0.1, 0.15) is 25.4 Å². The van der Waals surface area contributed by atoms with Crippen molar-refractivity contribution in [2.75, 3.05) is 137 Å². The third-order valence-electron chi connectivity index (χ3n) is 9.29. The summed E-state index contributed by atoms with van der Waals surface area (Å²) in [5, 5.41) is 11.8. The smallest absolute Gasteiger partial charge is 0.280 e. The Morgan fingerprint density at radius 3 is 1.77 bits per heavy atom. The summed E-state index contributed by atoms with van der Waals surface area (Å²) in [5.74, 6) is 6.42. The largest absolute Gasteiger partial charge is 0.379 e. The van der Waals surface area contributed by atoms with Gasteiger partial charge in [-0.2, -0.15) is 4.98 Å². The fourth-order valence-corrected chi connectivity index (χ4v) is 5.94. The van der Waals surface area contributed by atoms with E-state index in [2.05, 4.69) is 59.0 Å². The number of aromatic amines is 1. The highest BCUT2D eigenvalue weighted by Crippen LogP contribution is 2.13. The van der Waals surface area contributed by atoms with Crippen LogP contribution in [0.3, 0.4) is 0 Å². The molecule has 1 atom stereocenters. The molecule has 22 heteroatoms. The summed E-state index contributed by atoms with van der Waals surface area (Å²) in [5.41, 5.74) is 6.02. The molecule has 0 aliphatic rings. The number of carbonyl (C=O) groups is 3. The van der Waals surface area contributed by atoms with Crippen molar-refractivity contribution in [1.29, 1.82) is 0 Å². The lowest BCUT2D eigenvalue weighted by molar-refractivity contribution is -0.128. The first kappa shape index (κ1) is 57.1. The second kappa shape index (κ2) is 35.0. The molecule has 3 rings (SSSR count). The van der Waals surface area contributed by atoms with Crippen molar-refractivity contribution >= 4 is 40.5 Å². The number of carbonyl (C=O) groups excluding carboxylic acids is 3. The third-order valence-corrected chi connectivity index (χ3v) is 9.29. The van der Waals surface area contributed by atoms with Crippen LogP contribution in [0.15, 0.2) is 35.3 Å². The quantitative estimate of drug-likeness (QED) is 0.0329. The van der Waals surface area contributed by atoms with Crippen molar-refractivity contribution in [3.8, 4) is 37.0 Å². The second-order valence-electron chi connectivity index (χ2n) is 15.0. The number of nitrogens with one attached hydrogen (secondary N) is 5. The summed E-state index contributed by atoms with van der Waals surface area (Å²) in [7, 11) is 0. The van der Waals surface area contributed by atoms with Gasteiger partial charge in [-0.3, -0.25) is 24.2 Å². The first-order valence-corrected chi connectivity index (χ1v) is 22.3. The molecular weight excluding hydrogens is 899 g/mol. The molecule has 376 valence electrons. The van der Waals surface area contributed by atoms with E-state index < -0.39 is 11.1 Å². The summed E-state index contributed by atoms with van der Waals surface area (Å²) in [4.78, 5) is 64.7. The van der Waals surface area contributed by atoms with E-state index >= 15 is 0 Å². The highest BCUT2D eigenvalue weighted by atomic mass is 16.6. The van der Waals surface area contributed by atoms with E-state index in [0.717, 1.165) is 5.69 Å². The number of hydrogen-bond acceptors (Lipinski definition) is 18. The standard InChI is InChI=1S/C47H65N9O13/c1-5-16-67-33-47(34-68-17-6-2,35-69-18-7-3)56-41(58)14-19-61-21-23-63-25-27-65-29-30-66-28-26-64-24-22-62-20-15-49-40(57)13-8-36(4)52-44(59)37-9-11-38(12-10-37)50-31-39-32-51-43-42(53-39)45(60)55-46(48)54-43/h1-3,9-12,32,36,50H,8,13-31,33-35H2,4H3,(H,49,57)(H,52,59)(H,56,58)(H3,48,51,54,55,60)/t36-/m1/s1. The number of amides is 3. The lowest BCUT2D eigenvalue weighted by Gasteiger charge is -2.33. The van der Waals surface area contributed by atoms with Crippen molar-refractivity contribution in [2.45, 2.75) is 44.3 Å². The van der Waals surface area contributed by atoms with Gasteiger partial charge in [0, 0.05) is 36.7 Å². The molecule has 22 nitrogen and oxygen atoms in total. The highest BCUT2D eigenvalue weighted by molar-refractivity contribution is 5.94. The second-order valence-corrected chi connectivity index (χ2v) is 15.0. The van der Waals surface area contributed by atoms with Gasteiger partial charge >= 0.3 is 0 Å². The van der Waals surface area contributed by atoms with Crippen molar-refractivity contribution in [1.82, 2.24) is 35.9 Å². The molecule has 0 saturated heterocycles. The number of nitrogen functional groups attached to an aromatic ring is 1. The van der Waals surface area contributed by atoms with Crippen LogP contribution in [0.25, 0.3) is 11.2 Å². The van der Waals surface area contributed by atoms with Gasteiger partial charge in [-0.1, -0.05) is 17.8 Å². The maximum atomic E-state index is 12.8. The van der Waals surface area contributed by atoms with Crippen LogP contribution in [0.2, 0.25) is 0 Å². The number of aromatic nitrogens is 4. The topological polar surface area (TPSA) is 280 Å². The van der Waals surface area contributed by atoms with Gasteiger partial charge in [0.2, 0.25) is 17.8 Å². The normalized spacial score (nSPS) is 11.6. The van der Waals surface area contributed by atoms with Crippen molar-refractivity contribution in [3.63, 3.8) is 0 Å². The van der Waals surface area contributed by atoms with E-state index in [9.17, 15) is 19.2 Å². The maximum Gasteiger partial charge on any atom is 0.280 e. The Kier molecular flexibility index (Phi) is 28.9. The average molecular weight is 964 g/mol. The van der Waals surface area contributed by atoms with Crippen molar-refractivity contribution < 1.29 is 57.0 Å². The SMILES string of the molecule is C#CCOCC(COCC#C)(COCC#C)NC(=O)CCOCCOCCOCCOCCOCCOCCNC(=O)CC[C@@H](C)NC(=O)c1ccc(NCc2cnc3nc(N)[nH]c(=O)c3n2)cc1. The molecule has 3 amide bonds. The van der Waals surface area contributed by atoms with E-state index in [4.69, 9.17) is 67.6 Å². The molecule has 0 fully saturated rings. The molecule has 0 unspecified atom stereocenters. The number of terminal acetylenes is 3. The van der Waals surface area contributed by atoms with Gasteiger partial charge in [-0.05, 0) is 37.6 Å². The number of benzene rings is 1. The predicted octanol–water partition coefficient (Wildman–Crippen LogP) is 0.216. The first-order valence-electron chi connectivity index (χ1n) is 22.3. The summed E-state index contributed by atoms with van der Waals surface area (Å²) < 4.78 is 49.5. The lowest BCUT2D eigenvalue weighted by atomic mass is 10.0. The van der Waals surface area contributed by atoms with Crippen LogP contribution >= 0.6 is 0 Å². The van der Waals surface area contributed by atoms with Gasteiger partial charge < -0.3 is 69.6 Å². The van der Waals surface area contributed by atoms with Gasteiger partial charge in [0.25, 0.3) is 11.5 Å². The molecule has 7 N–H and O–H groups in total. The maximum absolute atomic E-state index is 12.8. The van der Waals surface area contributed by atoms with Crippen LogP contribution in [0.5, 0.6) is 0 Å². The molecule has 0 radical (unpaired) electrons. The Hall–Kier alpha value is -6.23. The Balaban J connectivity index is 1.09. The minimum atomic E-state index is -1.04. The fraction of sp³-hybridized carbons (Fsp3) is 0.553. The molecular formula is C47H65N9O13. The molecule has 2 aromatic heterocycles. The monoisotopic (exact) mass is 963 g/mol. The lowest BCUT2D eigenvalue weighted by Crippen LogP contribution is -2.58. The molecule has 0 aliphatic heterocycles. The fourth-order valence-electron chi connectivity index (χ4n) is 5.94. The number of anilines is 2. The number of rotatable bonds is 39. The first-order chi connectivity index (χ1) is 33.6. The minimum Gasteiger partial charge on any atom is -0.379 e. The zero-order valence-corrected chi connectivity index (χ0v) is 39.2. The molecule has 1 aromatic carbocycles. The molecule has 0 bridgehead atoms. The predicted molar refractivity (Wildman–Crippen MR) is 255 cm³/mol. The Morgan fingerprint density at radius 1 is 0.710 bits per heavy atom. The van der Waals surface area contributed by atoms with Gasteiger partial charge in [0.05, 0.1) is 118 Å². The molecule has 2 heterocycles. The van der Waals surface area contributed by atoms with Crippen molar-refractivity contribution in [3.05, 3.63) is 52.1 Å². The van der Waals surface area contributed by atoms with Crippen LogP contribution in [-0.4, -0.2) is 175 Å². The molecule has 3 aromatic rings. The van der Waals surface area contributed by atoms with Crippen molar-refractivity contribution in [2.24, 2.45) is 0 Å². The number of fused-ring (bicyclic) bond motifs is 1. The van der Waals surface area contributed by atoms with E-state index in [1.165, 1.54) is 6.20 Å². The molecule has 69 heavy (non-hydrogen) atoms. The zero-order chi connectivity index (χ0) is 49.8. The molecule has 0 saturated carbocycles. The van der Waals surface area contributed by atoms with Crippen LogP contribution in [-0.2, 0) is 58.8 Å². The number of ether oxygens (including phenoxy) is 9. The Morgan fingerprint density at radius 2 is 1.23 bits per heavy atom. The van der Waals surface area contributed by atoms with E-state index in [1.807, 2.05) is 6.92 Å². The zero-order valence-electron chi connectivity index (χ0n) is 39.2. The molecule has 0 aliphatic carbocycles. The van der Waals surface area contributed by atoms with Crippen LogP contribution in [0.1, 0.15) is 42.2 Å². The number of nitrogens with two attached hydrogens (primary N) is 1. The van der Waals surface area contributed by atoms with E-state index in [0.29, 0.717) is 96.9 Å². The number of nitrogens with zero attached hydrogens (tertiary/aromatic N) is 3. The third kappa shape index (κ3) is 25.1. The van der Waals surface area contributed by atoms with E-state index in [1.54, 1.807) is 24.3 Å². The summed E-state index contributed by atoms with van der Waals surface area (Å²) in [6.07, 6.45) is 18.2. The average Bonchev–Trinajstić information content (AvgIpc) is 3.33. The van der Waals surface area contributed by atoms with Crippen LogP contribution in [0, 0.1) is 37.0 Å². The van der Waals surface area contributed by atoms with Gasteiger partial charge in [-0.25, -0.2) is 9.97 Å². The number of H-pyrrole nitrogens is 1. The Bertz CT molecular complexity index is 2110. The van der Waals surface area contributed by atoms with Crippen LogP contribution < -0.4 is 32.6 Å². The summed E-state index contributed by atoms with van der Waals surface area (Å²) >= 11 is 0. The minimum absolute atomic E-state index is 0.0315.